The van der Waals surface area contributed by atoms with Crippen LogP contribution in [0.4, 0.5) is 0 Å². The standard InChI is InChI=1S/C10H18O4/c1-14-9(12)10(13)6-3-2-4-8(11)5-7-10/h8,11,13H,2-7H2,1H3/t8?,10-/m1/s1. The van der Waals surface area contributed by atoms with Gasteiger partial charge in [-0.05, 0) is 32.1 Å². The van der Waals surface area contributed by atoms with Gasteiger partial charge in [0.1, 0.15) is 0 Å². The molecule has 1 aliphatic rings. The highest BCUT2D eigenvalue weighted by molar-refractivity contribution is 5.79. The van der Waals surface area contributed by atoms with Gasteiger partial charge in [0.05, 0.1) is 13.2 Å². The molecule has 2 atom stereocenters. The van der Waals surface area contributed by atoms with Crippen LogP contribution in [0.25, 0.3) is 0 Å². The Balaban J connectivity index is 2.61. The Bertz CT molecular complexity index is 204. The van der Waals surface area contributed by atoms with Crippen LogP contribution in [0.2, 0.25) is 0 Å². The van der Waals surface area contributed by atoms with Gasteiger partial charge in [-0.25, -0.2) is 4.79 Å². The smallest absolute Gasteiger partial charge is 0.337 e. The van der Waals surface area contributed by atoms with E-state index in [0.717, 1.165) is 19.3 Å². The van der Waals surface area contributed by atoms with E-state index in [0.29, 0.717) is 19.3 Å². The van der Waals surface area contributed by atoms with Crippen molar-refractivity contribution < 1.29 is 19.7 Å². The number of rotatable bonds is 1. The second-order valence-electron chi connectivity index (χ2n) is 3.96. The second-order valence-corrected chi connectivity index (χ2v) is 3.96. The molecule has 1 saturated carbocycles. The first-order valence-corrected chi connectivity index (χ1v) is 5.07. The lowest BCUT2D eigenvalue weighted by Gasteiger charge is -2.28. The van der Waals surface area contributed by atoms with Gasteiger partial charge in [0.15, 0.2) is 5.60 Å². The third kappa shape index (κ3) is 2.69. The molecule has 0 amide bonds. The molecule has 2 N–H and O–H groups in total. The summed E-state index contributed by atoms with van der Waals surface area (Å²) < 4.78 is 4.55. The Morgan fingerprint density at radius 1 is 1.36 bits per heavy atom. The molecule has 0 radical (unpaired) electrons. The van der Waals surface area contributed by atoms with Crippen molar-refractivity contribution in [1.29, 1.82) is 0 Å². The number of carbonyl (C=O) groups excluding carboxylic acids is 1. The zero-order valence-electron chi connectivity index (χ0n) is 8.53. The van der Waals surface area contributed by atoms with E-state index in [-0.39, 0.29) is 0 Å². The minimum atomic E-state index is -1.38. The maximum absolute atomic E-state index is 11.3. The fourth-order valence-corrected chi connectivity index (χ4v) is 1.87. The van der Waals surface area contributed by atoms with Crippen LogP contribution in [0.3, 0.4) is 0 Å². The summed E-state index contributed by atoms with van der Waals surface area (Å²) in [6.45, 7) is 0. The van der Waals surface area contributed by atoms with Gasteiger partial charge < -0.3 is 14.9 Å². The number of aliphatic hydroxyl groups is 2. The lowest BCUT2D eigenvalue weighted by Crippen LogP contribution is -2.41. The fourth-order valence-electron chi connectivity index (χ4n) is 1.87. The minimum absolute atomic E-state index is 0.292. The lowest BCUT2D eigenvalue weighted by atomic mass is 9.86. The summed E-state index contributed by atoms with van der Waals surface area (Å²) in [6, 6.07) is 0. The van der Waals surface area contributed by atoms with E-state index in [4.69, 9.17) is 0 Å². The third-order valence-electron chi connectivity index (χ3n) is 2.83. The molecular formula is C10H18O4. The molecule has 0 aromatic heterocycles. The topological polar surface area (TPSA) is 66.8 Å². The van der Waals surface area contributed by atoms with Crippen LogP contribution in [0.15, 0.2) is 0 Å². The molecule has 1 rings (SSSR count). The van der Waals surface area contributed by atoms with E-state index in [9.17, 15) is 15.0 Å². The molecule has 0 aliphatic heterocycles. The second kappa shape index (κ2) is 4.75. The molecule has 0 bridgehead atoms. The predicted molar refractivity (Wildman–Crippen MR) is 50.7 cm³/mol. The average molecular weight is 202 g/mol. The highest BCUT2D eigenvalue weighted by Gasteiger charge is 2.37. The van der Waals surface area contributed by atoms with Crippen molar-refractivity contribution in [2.45, 2.75) is 50.2 Å². The average Bonchev–Trinajstić information content (AvgIpc) is 2.18. The molecule has 4 heteroatoms. The summed E-state index contributed by atoms with van der Waals surface area (Å²) in [6.07, 6.45) is 3.16. The van der Waals surface area contributed by atoms with Crippen LogP contribution in [0.5, 0.6) is 0 Å². The number of ether oxygens (including phenoxy) is 1. The highest BCUT2D eigenvalue weighted by Crippen LogP contribution is 2.27. The molecule has 0 saturated heterocycles. The van der Waals surface area contributed by atoms with Crippen molar-refractivity contribution in [3.05, 3.63) is 0 Å². The van der Waals surface area contributed by atoms with Gasteiger partial charge >= 0.3 is 5.97 Å². The number of esters is 1. The molecule has 4 nitrogen and oxygen atoms in total. The maximum Gasteiger partial charge on any atom is 0.337 e. The van der Waals surface area contributed by atoms with Gasteiger partial charge in [-0.1, -0.05) is 6.42 Å². The van der Waals surface area contributed by atoms with Gasteiger partial charge in [0.2, 0.25) is 0 Å². The third-order valence-corrected chi connectivity index (χ3v) is 2.83. The summed E-state index contributed by atoms with van der Waals surface area (Å²) in [4.78, 5) is 11.3. The van der Waals surface area contributed by atoms with E-state index in [1.807, 2.05) is 0 Å². The quantitative estimate of drug-likeness (QED) is 0.611. The van der Waals surface area contributed by atoms with Gasteiger partial charge in [-0.15, -0.1) is 0 Å². The molecule has 1 fully saturated rings. The first-order valence-electron chi connectivity index (χ1n) is 5.07. The Labute approximate surface area is 83.9 Å². The van der Waals surface area contributed by atoms with Crippen LogP contribution in [0.1, 0.15) is 38.5 Å². The molecule has 1 unspecified atom stereocenters. The molecule has 14 heavy (non-hydrogen) atoms. The summed E-state index contributed by atoms with van der Waals surface area (Å²) >= 11 is 0. The summed E-state index contributed by atoms with van der Waals surface area (Å²) in [7, 11) is 1.27. The molecule has 0 aromatic rings. The van der Waals surface area contributed by atoms with Crippen molar-refractivity contribution in [3.8, 4) is 0 Å². The van der Waals surface area contributed by atoms with Crippen molar-refractivity contribution >= 4 is 5.97 Å². The molecule has 0 aromatic carbocycles. The molecule has 0 spiro atoms. The summed E-state index contributed by atoms with van der Waals surface area (Å²) in [5, 5.41) is 19.4. The first-order chi connectivity index (χ1) is 6.58. The number of hydrogen-bond donors (Lipinski definition) is 2. The van der Waals surface area contributed by atoms with E-state index in [2.05, 4.69) is 4.74 Å². The monoisotopic (exact) mass is 202 g/mol. The first kappa shape index (κ1) is 11.5. The zero-order chi connectivity index (χ0) is 10.6. The van der Waals surface area contributed by atoms with E-state index in [1.165, 1.54) is 7.11 Å². The van der Waals surface area contributed by atoms with Crippen LogP contribution in [0, 0.1) is 0 Å². The predicted octanol–water partition coefficient (Wildman–Crippen LogP) is 0.606. The molecule has 0 heterocycles. The lowest BCUT2D eigenvalue weighted by molar-refractivity contribution is -0.165. The Kier molecular flexibility index (Phi) is 3.89. The zero-order valence-corrected chi connectivity index (χ0v) is 8.53. The number of hydrogen-bond acceptors (Lipinski definition) is 4. The van der Waals surface area contributed by atoms with Crippen molar-refractivity contribution in [1.82, 2.24) is 0 Å². The molecule has 82 valence electrons. The van der Waals surface area contributed by atoms with Crippen LogP contribution in [-0.2, 0) is 9.53 Å². The molecule has 1 aliphatic carbocycles. The van der Waals surface area contributed by atoms with E-state index < -0.39 is 17.7 Å². The Morgan fingerprint density at radius 3 is 2.71 bits per heavy atom. The van der Waals surface area contributed by atoms with Crippen LogP contribution in [-0.4, -0.2) is 35.0 Å². The summed E-state index contributed by atoms with van der Waals surface area (Å²) in [5.41, 5.74) is -1.38. The number of aliphatic hydroxyl groups excluding tert-OH is 1. The van der Waals surface area contributed by atoms with Gasteiger partial charge in [0, 0.05) is 0 Å². The van der Waals surface area contributed by atoms with Gasteiger partial charge in [-0.2, -0.15) is 0 Å². The van der Waals surface area contributed by atoms with E-state index >= 15 is 0 Å². The number of carbonyl (C=O) groups is 1. The fraction of sp³-hybridized carbons (Fsp3) is 0.900. The Hall–Kier alpha value is -0.610. The van der Waals surface area contributed by atoms with Crippen molar-refractivity contribution in [2.75, 3.05) is 7.11 Å². The Morgan fingerprint density at radius 2 is 2.07 bits per heavy atom. The number of methoxy groups -OCH3 is 1. The van der Waals surface area contributed by atoms with Crippen molar-refractivity contribution in [3.63, 3.8) is 0 Å². The molecular weight excluding hydrogens is 184 g/mol. The minimum Gasteiger partial charge on any atom is -0.467 e. The van der Waals surface area contributed by atoms with Gasteiger partial charge in [-0.3, -0.25) is 0 Å². The highest BCUT2D eigenvalue weighted by atomic mass is 16.5. The largest absolute Gasteiger partial charge is 0.467 e. The SMILES string of the molecule is COC(=O)[C@@]1(O)CCCCC(O)CC1. The van der Waals surface area contributed by atoms with Crippen molar-refractivity contribution in [2.24, 2.45) is 0 Å². The van der Waals surface area contributed by atoms with Crippen LogP contribution < -0.4 is 0 Å². The summed E-state index contributed by atoms with van der Waals surface area (Å²) in [5.74, 6) is -0.577. The maximum atomic E-state index is 11.3. The van der Waals surface area contributed by atoms with Crippen LogP contribution >= 0.6 is 0 Å². The van der Waals surface area contributed by atoms with Gasteiger partial charge in [0.25, 0.3) is 0 Å². The van der Waals surface area contributed by atoms with E-state index in [1.54, 1.807) is 0 Å². The normalized spacial score (nSPS) is 34.4.